The Morgan fingerprint density at radius 1 is 1.12 bits per heavy atom. The van der Waals surface area contributed by atoms with Crippen molar-refractivity contribution in [3.63, 3.8) is 0 Å². The number of nitrogens with one attached hydrogen (secondary N) is 2. The van der Waals surface area contributed by atoms with Gasteiger partial charge in [-0.05, 0) is 37.1 Å². The largest absolute Gasteiger partial charge is 0.359 e. The molecule has 0 fully saturated rings. The molecule has 7 heteroatoms. The summed E-state index contributed by atoms with van der Waals surface area (Å²) < 4.78 is 26.0. The summed E-state index contributed by atoms with van der Waals surface area (Å²) in [6, 6.07) is 11.2. The van der Waals surface area contributed by atoms with Crippen LogP contribution in [0, 0.1) is 11.6 Å². The van der Waals surface area contributed by atoms with Crippen LogP contribution in [0.15, 0.2) is 42.5 Å². The number of hydrogen-bond donors (Lipinski definition) is 2. The zero-order valence-electron chi connectivity index (χ0n) is 14.3. The van der Waals surface area contributed by atoms with E-state index in [9.17, 15) is 18.4 Å². The Morgan fingerprint density at radius 2 is 1.88 bits per heavy atom. The van der Waals surface area contributed by atoms with Gasteiger partial charge >= 0.3 is 0 Å². The molecule has 0 saturated heterocycles. The predicted octanol–water partition coefficient (Wildman–Crippen LogP) is 2.47. The third-order valence-corrected chi connectivity index (χ3v) is 4.31. The van der Waals surface area contributed by atoms with Gasteiger partial charge in [0, 0.05) is 23.5 Å². The number of halogens is 2. The van der Waals surface area contributed by atoms with Crippen molar-refractivity contribution in [3.05, 3.63) is 59.7 Å². The maximum absolute atomic E-state index is 13.1. The van der Waals surface area contributed by atoms with Gasteiger partial charge < -0.3 is 15.5 Å². The molecule has 136 valence electrons. The van der Waals surface area contributed by atoms with Gasteiger partial charge in [0.25, 0.3) is 0 Å². The van der Waals surface area contributed by atoms with Crippen LogP contribution in [-0.4, -0.2) is 30.9 Å². The topological polar surface area (TPSA) is 61.4 Å². The third kappa shape index (κ3) is 3.99. The molecule has 0 bridgehead atoms. The van der Waals surface area contributed by atoms with Crippen LogP contribution in [-0.2, 0) is 16.0 Å². The van der Waals surface area contributed by atoms with E-state index in [1.807, 2.05) is 36.1 Å². The fourth-order valence-corrected chi connectivity index (χ4v) is 3.04. The number of carbonyl (C=O) groups is 2. The van der Waals surface area contributed by atoms with Gasteiger partial charge in [0.05, 0.1) is 13.1 Å². The van der Waals surface area contributed by atoms with Crippen LogP contribution in [0.4, 0.5) is 20.2 Å². The van der Waals surface area contributed by atoms with Gasteiger partial charge in [-0.1, -0.05) is 18.2 Å². The molecule has 0 aromatic heterocycles. The van der Waals surface area contributed by atoms with Gasteiger partial charge in [-0.2, -0.15) is 0 Å². The second-order valence-corrected chi connectivity index (χ2v) is 6.26. The lowest BCUT2D eigenvalue weighted by atomic mass is 10.1. The summed E-state index contributed by atoms with van der Waals surface area (Å²) in [7, 11) is 0. The highest BCUT2D eigenvalue weighted by atomic mass is 19.2. The molecule has 1 heterocycles. The summed E-state index contributed by atoms with van der Waals surface area (Å²) in [5, 5.41) is 4.96. The van der Waals surface area contributed by atoms with Gasteiger partial charge in [0.1, 0.15) is 0 Å². The number of para-hydroxylation sites is 1. The SMILES string of the molecule is C[C@H]1Cc2ccccc2N1CC(=O)NCC(=O)Nc1ccc(F)c(F)c1. The Bertz CT molecular complexity index is 841. The quantitative estimate of drug-likeness (QED) is 0.862. The zero-order chi connectivity index (χ0) is 18.7. The van der Waals surface area contributed by atoms with E-state index in [0.29, 0.717) is 0 Å². The number of hydrogen-bond acceptors (Lipinski definition) is 3. The highest BCUT2D eigenvalue weighted by molar-refractivity contribution is 5.95. The molecule has 2 N–H and O–H groups in total. The Hall–Kier alpha value is -2.96. The number of carbonyl (C=O) groups excluding carboxylic acids is 2. The number of rotatable bonds is 5. The van der Waals surface area contributed by atoms with E-state index >= 15 is 0 Å². The Morgan fingerprint density at radius 3 is 2.65 bits per heavy atom. The summed E-state index contributed by atoms with van der Waals surface area (Å²) in [4.78, 5) is 26.0. The van der Waals surface area contributed by atoms with Gasteiger partial charge in [0.2, 0.25) is 11.8 Å². The van der Waals surface area contributed by atoms with Crippen LogP contribution in [0.25, 0.3) is 0 Å². The minimum Gasteiger partial charge on any atom is -0.359 e. The molecule has 0 saturated carbocycles. The van der Waals surface area contributed by atoms with Gasteiger partial charge in [-0.15, -0.1) is 0 Å². The number of anilines is 2. The first kappa shape index (κ1) is 17.8. The van der Waals surface area contributed by atoms with E-state index < -0.39 is 17.5 Å². The van der Waals surface area contributed by atoms with Crippen molar-refractivity contribution < 1.29 is 18.4 Å². The molecular weight excluding hydrogens is 340 g/mol. The molecule has 1 aliphatic rings. The van der Waals surface area contributed by atoms with Crippen LogP contribution in [0.1, 0.15) is 12.5 Å². The highest BCUT2D eigenvalue weighted by Crippen LogP contribution is 2.31. The second-order valence-electron chi connectivity index (χ2n) is 6.26. The summed E-state index contributed by atoms with van der Waals surface area (Å²) in [6.45, 7) is 1.95. The molecule has 2 amide bonds. The lowest BCUT2D eigenvalue weighted by Crippen LogP contribution is -2.42. The molecule has 1 atom stereocenters. The Balaban J connectivity index is 1.51. The normalized spacial score (nSPS) is 15.5. The second kappa shape index (κ2) is 7.51. The minimum atomic E-state index is -1.05. The van der Waals surface area contributed by atoms with Crippen molar-refractivity contribution in [3.8, 4) is 0 Å². The summed E-state index contributed by atoms with van der Waals surface area (Å²) in [5.74, 6) is -2.84. The van der Waals surface area contributed by atoms with E-state index in [2.05, 4.69) is 10.6 Å². The number of fused-ring (bicyclic) bond motifs is 1. The molecule has 0 spiro atoms. The van der Waals surface area contributed by atoms with Gasteiger partial charge in [0.15, 0.2) is 11.6 Å². The molecule has 5 nitrogen and oxygen atoms in total. The fourth-order valence-electron chi connectivity index (χ4n) is 3.04. The zero-order valence-corrected chi connectivity index (χ0v) is 14.3. The first-order valence-corrected chi connectivity index (χ1v) is 8.30. The molecule has 2 aromatic carbocycles. The molecular formula is C19H19F2N3O2. The van der Waals surface area contributed by atoms with Crippen molar-refractivity contribution >= 4 is 23.2 Å². The first-order valence-electron chi connectivity index (χ1n) is 8.30. The Labute approximate surface area is 150 Å². The molecule has 2 aromatic rings. The van der Waals surface area contributed by atoms with Crippen molar-refractivity contribution in [2.24, 2.45) is 0 Å². The van der Waals surface area contributed by atoms with Crippen molar-refractivity contribution in [2.75, 3.05) is 23.3 Å². The van der Waals surface area contributed by atoms with E-state index in [-0.39, 0.29) is 30.7 Å². The summed E-state index contributed by atoms with van der Waals surface area (Å²) in [5.41, 5.74) is 2.36. The summed E-state index contributed by atoms with van der Waals surface area (Å²) >= 11 is 0. The van der Waals surface area contributed by atoms with E-state index in [4.69, 9.17) is 0 Å². The third-order valence-electron chi connectivity index (χ3n) is 4.31. The van der Waals surface area contributed by atoms with Gasteiger partial charge in [-0.25, -0.2) is 8.78 Å². The molecule has 26 heavy (non-hydrogen) atoms. The number of amides is 2. The first-order chi connectivity index (χ1) is 12.4. The number of nitrogens with zero attached hydrogens (tertiary/aromatic N) is 1. The monoisotopic (exact) mass is 359 g/mol. The van der Waals surface area contributed by atoms with Gasteiger partial charge in [-0.3, -0.25) is 9.59 Å². The van der Waals surface area contributed by atoms with Crippen LogP contribution in [0.5, 0.6) is 0 Å². The molecule has 0 radical (unpaired) electrons. The molecule has 0 aliphatic carbocycles. The van der Waals surface area contributed by atoms with Crippen LogP contribution in [0.3, 0.4) is 0 Å². The highest BCUT2D eigenvalue weighted by Gasteiger charge is 2.27. The number of benzene rings is 2. The standard InChI is InChI=1S/C19H19F2N3O2/c1-12-8-13-4-2-3-5-17(13)24(12)11-19(26)22-10-18(25)23-14-6-7-15(20)16(21)9-14/h2-7,9,12H,8,10-11H2,1H3,(H,22,26)(H,23,25)/t12-/m0/s1. The smallest absolute Gasteiger partial charge is 0.243 e. The van der Waals surface area contributed by atoms with Crippen molar-refractivity contribution in [2.45, 2.75) is 19.4 Å². The molecule has 0 unspecified atom stereocenters. The minimum absolute atomic E-state index is 0.130. The van der Waals surface area contributed by atoms with Crippen LogP contribution >= 0.6 is 0 Å². The average molecular weight is 359 g/mol. The lowest BCUT2D eigenvalue weighted by molar-refractivity contribution is -0.123. The lowest BCUT2D eigenvalue weighted by Gasteiger charge is -2.24. The maximum Gasteiger partial charge on any atom is 0.243 e. The average Bonchev–Trinajstić information content (AvgIpc) is 2.92. The van der Waals surface area contributed by atoms with Crippen LogP contribution < -0.4 is 15.5 Å². The van der Waals surface area contributed by atoms with Crippen molar-refractivity contribution in [1.29, 1.82) is 0 Å². The van der Waals surface area contributed by atoms with Crippen molar-refractivity contribution in [1.82, 2.24) is 5.32 Å². The molecule has 3 rings (SSSR count). The predicted molar refractivity (Wildman–Crippen MR) is 95.0 cm³/mol. The Kier molecular flexibility index (Phi) is 5.16. The molecule has 1 aliphatic heterocycles. The fraction of sp³-hybridized carbons (Fsp3) is 0.263. The van der Waals surface area contributed by atoms with Crippen LogP contribution in [0.2, 0.25) is 0 Å². The maximum atomic E-state index is 13.1. The summed E-state index contributed by atoms with van der Waals surface area (Å²) in [6.07, 6.45) is 0.875. The van der Waals surface area contributed by atoms with E-state index in [1.165, 1.54) is 11.6 Å². The van der Waals surface area contributed by atoms with E-state index in [0.717, 1.165) is 24.2 Å². The van der Waals surface area contributed by atoms with E-state index in [1.54, 1.807) is 0 Å².